The molecule has 3 aromatic rings. The molecule has 0 bridgehead atoms. The summed E-state index contributed by atoms with van der Waals surface area (Å²) in [5, 5.41) is 9.68. The summed E-state index contributed by atoms with van der Waals surface area (Å²) in [6.45, 7) is 5.65. The van der Waals surface area contributed by atoms with Gasteiger partial charge in [-0.3, -0.25) is 19.4 Å². The minimum absolute atomic E-state index is 0.0600. The third-order valence-electron chi connectivity index (χ3n) is 5.97. The fourth-order valence-electron chi connectivity index (χ4n) is 3.97. The molecule has 0 radical (unpaired) electrons. The van der Waals surface area contributed by atoms with Crippen LogP contribution in [0.5, 0.6) is 0 Å². The van der Waals surface area contributed by atoms with Gasteiger partial charge in [-0.15, -0.1) is 0 Å². The Morgan fingerprint density at radius 1 is 0.895 bits per heavy atom. The first-order valence-corrected chi connectivity index (χ1v) is 12.7. The van der Waals surface area contributed by atoms with Crippen LogP contribution in [0.2, 0.25) is 0 Å². The van der Waals surface area contributed by atoms with Crippen LogP contribution < -0.4 is 16.0 Å². The summed E-state index contributed by atoms with van der Waals surface area (Å²) < 4.78 is 5.24. The van der Waals surface area contributed by atoms with Crippen LogP contribution in [0, 0.1) is 5.92 Å². The zero-order chi connectivity index (χ0) is 27.5. The number of fused-ring (bicyclic) bond motifs is 1. The summed E-state index contributed by atoms with van der Waals surface area (Å²) in [5.41, 5.74) is 1.45. The predicted molar refractivity (Wildman–Crippen MR) is 144 cm³/mol. The number of Topliss-reactive ketones (excluding diaryl/α,β-unsaturated/α-hetero) is 1. The smallest absolute Gasteiger partial charge is 0.408 e. The Morgan fingerprint density at radius 3 is 2.32 bits per heavy atom. The number of alkyl carbamates (subject to hydrolysis) is 1. The number of hydrogen-bond donors (Lipinski definition) is 3. The Balaban J connectivity index is 1.58. The Bertz CT molecular complexity index is 1260. The molecule has 1 heterocycles. The zero-order valence-corrected chi connectivity index (χ0v) is 21.9. The summed E-state index contributed by atoms with van der Waals surface area (Å²) in [6, 6.07) is 16.7. The predicted octanol–water partition coefficient (Wildman–Crippen LogP) is 3.66. The lowest BCUT2D eigenvalue weighted by Crippen LogP contribution is -2.54. The molecule has 2 unspecified atom stereocenters. The van der Waals surface area contributed by atoms with Gasteiger partial charge in [-0.05, 0) is 35.8 Å². The summed E-state index contributed by atoms with van der Waals surface area (Å²) in [6.07, 6.45) is 1.44. The molecule has 0 saturated carbocycles. The van der Waals surface area contributed by atoms with Crippen LogP contribution in [-0.2, 0) is 32.3 Å². The second-order valence-electron chi connectivity index (χ2n) is 9.38. The highest BCUT2D eigenvalue weighted by atomic mass is 16.5. The first-order valence-electron chi connectivity index (χ1n) is 12.7. The molecule has 0 aliphatic heterocycles. The number of benzene rings is 2. The summed E-state index contributed by atoms with van der Waals surface area (Å²) in [7, 11) is 0. The van der Waals surface area contributed by atoms with Crippen molar-refractivity contribution in [3.63, 3.8) is 0 Å². The molecular formula is C29H34N4O5. The van der Waals surface area contributed by atoms with Crippen molar-refractivity contribution in [2.24, 2.45) is 5.92 Å². The number of carbonyl (C=O) groups excluding carboxylic acids is 4. The van der Waals surface area contributed by atoms with Gasteiger partial charge >= 0.3 is 6.09 Å². The van der Waals surface area contributed by atoms with Crippen molar-refractivity contribution in [1.29, 1.82) is 0 Å². The van der Waals surface area contributed by atoms with E-state index in [0.29, 0.717) is 12.1 Å². The largest absolute Gasteiger partial charge is 0.445 e. The molecule has 0 aliphatic carbocycles. The maximum atomic E-state index is 13.0. The molecule has 38 heavy (non-hydrogen) atoms. The Hall–Kier alpha value is -4.27. The maximum absolute atomic E-state index is 13.0. The third-order valence-corrected chi connectivity index (χ3v) is 5.97. The quantitative estimate of drug-likeness (QED) is 0.314. The van der Waals surface area contributed by atoms with Gasteiger partial charge < -0.3 is 20.7 Å². The zero-order valence-electron chi connectivity index (χ0n) is 21.9. The van der Waals surface area contributed by atoms with Crippen molar-refractivity contribution >= 4 is 34.5 Å². The van der Waals surface area contributed by atoms with E-state index < -0.39 is 35.8 Å². The van der Waals surface area contributed by atoms with E-state index >= 15 is 0 Å². The van der Waals surface area contributed by atoms with E-state index in [1.165, 1.54) is 0 Å². The standard InChI is InChI=1S/C29H34N4O5/c1-4-23(26(34)28(36)31-17-25-22-13-9-8-12-21(22)14-15-30-25)32-27(35)24(16-19(2)3)33-29(37)38-18-20-10-6-5-7-11-20/h5-15,19,23-24H,4,16-18H2,1-3H3,(H,31,36)(H,32,35)(H,33,37). The molecule has 0 spiro atoms. The lowest BCUT2D eigenvalue weighted by atomic mass is 10.0. The van der Waals surface area contributed by atoms with Gasteiger partial charge in [0, 0.05) is 11.6 Å². The van der Waals surface area contributed by atoms with Gasteiger partial charge in [0.25, 0.3) is 5.91 Å². The van der Waals surface area contributed by atoms with Gasteiger partial charge in [0.2, 0.25) is 11.7 Å². The lowest BCUT2D eigenvalue weighted by molar-refractivity contribution is -0.140. The first-order chi connectivity index (χ1) is 18.3. The summed E-state index contributed by atoms with van der Waals surface area (Å²) >= 11 is 0. The SMILES string of the molecule is CCC(NC(=O)C(CC(C)C)NC(=O)OCc1ccccc1)C(=O)C(=O)NCc1nccc2ccccc12. The fraction of sp³-hybridized carbons (Fsp3) is 0.345. The van der Waals surface area contributed by atoms with Crippen LogP contribution >= 0.6 is 0 Å². The average molecular weight is 519 g/mol. The van der Waals surface area contributed by atoms with Crippen LogP contribution in [-0.4, -0.2) is 40.8 Å². The molecule has 3 amide bonds. The monoisotopic (exact) mass is 518 g/mol. The van der Waals surface area contributed by atoms with Gasteiger partial charge in [-0.2, -0.15) is 0 Å². The van der Waals surface area contributed by atoms with E-state index in [2.05, 4.69) is 20.9 Å². The van der Waals surface area contributed by atoms with E-state index in [4.69, 9.17) is 4.74 Å². The molecular weight excluding hydrogens is 484 g/mol. The number of ether oxygens (including phenoxy) is 1. The second kappa shape index (κ2) is 13.9. The number of carbonyl (C=O) groups is 4. The number of pyridine rings is 1. The highest BCUT2D eigenvalue weighted by molar-refractivity contribution is 6.38. The number of amides is 3. The molecule has 9 nitrogen and oxygen atoms in total. The van der Waals surface area contributed by atoms with E-state index in [9.17, 15) is 19.2 Å². The maximum Gasteiger partial charge on any atom is 0.408 e. The van der Waals surface area contributed by atoms with Crippen LogP contribution in [0.25, 0.3) is 10.8 Å². The van der Waals surface area contributed by atoms with Crippen LogP contribution in [0.4, 0.5) is 4.79 Å². The highest BCUT2D eigenvalue weighted by Crippen LogP contribution is 2.16. The average Bonchev–Trinajstić information content (AvgIpc) is 2.92. The van der Waals surface area contributed by atoms with Crippen molar-refractivity contribution < 1.29 is 23.9 Å². The van der Waals surface area contributed by atoms with E-state index in [0.717, 1.165) is 16.3 Å². The van der Waals surface area contributed by atoms with Crippen molar-refractivity contribution in [3.8, 4) is 0 Å². The highest BCUT2D eigenvalue weighted by Gasteiger charge is 2.30. The minimum Gasteiger partial charge on any atom is -0.445 e. The van der Waals surface area contributed by atoms with E-state index in [1.54, 1.807) is 13.1 Å². The minimum atomic E-state index is -1.04. The Labute approximate surface area is 222 Å². The van der Waals surface area contributed by atoms with Gasteiger partial charge in [0.1, 0.15) is 12.6 Å². The molecule has 9 heteroatoms. The Kier molecular flexibility index (Phi) is 10.3. The van der Waals surface area contributed by atoms with Gasteiger partial charge in [-0.25, -0.2) is 4.79 Å². The number of aromatic nitrogens is 1. The molecule has 0 fully saturated rings. The first kappa shape index (κ1) is 28.3. The molecule has 0 aliphatic rings. The molecule has 200 valence electrons. The molecule has 3 rings (SSSR count). The van der Waals surface area contributed by atoms with Gasteiger partial charge in [0.05, 0.1) is 18.3 Å². The van der Waals surface area contributed by atoms with Crippen molar-refractivity contribution in [2.45, 2.75) is 58.8 Å². The number of nitrogens with one attached hydrogen (secondary N) is 3. The number of ketones is 1. The molecule has 3 N–H and O–H groups in total. The third kappa shape index (κ3) is 8.12. The number of hydrogen-bond acceptors (Lipinski definition) is 6. The van der Waals surface area contributed by atoms with Gasteiger partial charge in [-0.1, -0.05) is 75.4 Å². The van der Waals surface area contributed by atoms with E-state index in [-0.39, 0.29) is 25.5 Å². The van der Waals surface area contributed by atoms with Gasteiger partial charge in [0.15, 0.2) is 0 Å². The molecule has 0 saturated heterocycles. The number of rotatable bonds is 12. The molecule has 1 aromatic heterocycles. The topological polar surface area (TPSA) is 126 Å². The second-order valence-corrected chi connectivity index (χ2v) is 9.38. The lowest BCUT2D eigenvalue weighted by Gasteiger charge is -2.23. The van der Waals surface area contributed by atoms with Crippen molar-refractivity contribution in [2.75, 3.05) is 0 Å². The van der Waals surface area contributed by atoms with E-state index in [1.807, 2.05) is 74.5 Å². The summed E-state index contributed by atoms with van der Waals surface area (Å²) in [5.74, 6) is -2.06. The molecule has 2 atom stereocenters. The van der Waals surface area contributed by atoms with Crippen LogP contribution in [0.3, 0.4) is 0 Å². The molecule has 2 aromatic carbocycles. The van der Waals surface area contributed by atoms with Crippen LogP contribution in [0.1, 0.15) is 44.9 Å². The fourth-order valence-corrected chi connectivity index (χ4v) is 3.97. The Morgan fingerprint density at radius 2 is 1.61 bits per heavy atom. The van der Waals surface area contributed by atoms with Crippen molar-refractivity contribution in [1.82, 2.24) is 20.9 Å². The van der Waals surface area contributed by atoms with Crippen LogP contribution in [0.15, 0.2) is 66.9 Å². The summed E-state index contributed by atoms with van der Waals surface area (Å²) in [4.78, 5) is 55.2. The normalized spacial score (nSPS) is 12.4. The number of nitrogens with zero attached hydrogens (tertiary/aromatic N) is 1. The van der Waals surface area contributed by atoms with Crippen molar-refractivity contribution in [3.05, 3.63) is 78.1 Å².